The molecule has 7 amide bonds. The summed E-state index contributed by atoms with van der Waals surface area (Å²) in [5.74, 6) is -12.3. The van der Waals surface area contributed by atoms with E-state index >= 15 is 0 Å². The number of aliphatic hydroxyl groups excluding tert-OH is 2. The molecule has 0 bridgehead atoms. The molecule has 0 heterocycles. The first-order chi connectivity index (χ1) is 26.3. The van der Waals surface area contributed by atoms with Gasteiger partial charge in [0.1, 0.15) is 30.2 Å². The first-order valence-corrected chi connectivity index (χ1v) is 18.2. The summed E-state index contributed by atoms with van der Waals surface area (Å²) >= 11 is 0. The van der Waals surface area contributed by atoms with Gasteiger partial charge in [-0.25, -0.2) is 4.79 Å². The molecule has 23 nitrogen and oxygen atoms in total. The van der Waals surface area contributed by atoms with E-state index in [1.54, 1.807) is 27.7 Å². The first-order valence-electron chi connectivity index (χ1n) is 18.2. The van der Waals surface area contributed by atoms with Crippen molar-refractivity contribution in [3.8, 4) is 0 Å². The molecule has 0 saturated heterocycles. The third kappa shape index (κ3) is 20.4. The zero-order valence-corrected chi connectivity index (χ0v) is 32.8. The lowest BCUT2D eigenvalue weighted by Crippen LogP contribution is -2.62. The molecule has 9 atom stereocenters. The molecule has 0 aromatic heterocycles. The number of nitrogens with two attached hydrogens (primary N) is 2. The number of nitrogens with one attached hydrogen (secondary N) is 6. The number of carboxylic acids is 3. The number of aliphatic hydroxyl groups is 2. The van der Waals surface area contributed by atoms with Gasteiger partial charge in [0, 0.05) is 12.8 Å². The fraction of sp³-hybridized carbons (Fsp3) is 0.706. The zero-order valence-electron chi connectivity index (χ0n) is 32.8. The van der Waals surface area contributed by atoms with Crippen molar-refractivity contribution in [2.45, 2.75) is 141 Å². The molecule has 0 aliphatic carbocycles. The molecule has 0 radical (unpaired) electrons. The number of carbonyl (C=O) groups is 10. The van der Waals surface area contributed by atoms with E-state index in [0.717, 1.165) is 13.8 Å². The lowest BCUT2D eigenvalue weighted by molar-refractivity contribution is -0.145. The van der Waals surface area contributed by atoms with Gasteiger partial charge in [-0.1, -0.05) is 27.7 Å². The lowest BCUT2D eigenvalue weighted by Gasteiger charge is -2.29. The van der Waals surface area contributed by atoms with Crippen LogP contribution in [0, 0.1) is 11.8 Å². The van der Waals surface area contributed by atoms with Crippen LogP contribution in [0.4, 0.5) is 0 Å². The number of hydrogen-bond acceptors (Lipinski definition) is 13. The van der Waals surface area contributed by atoms with Crippen molar-refractivity contribution in [1.82, 2.24) is 31.9 Å². The van der Waals surface area contributed by atoms with Gasteiger partial charge in [0.25, 0.3) is 0 Å². The second-order valence-corrected chi connectivity index (χ2v) is 14.4. The molecular formula is C34H58N8O15. The smallest absolute Gasteiger partial charge is 0.328 e. The summed E-state index contributed by atoms with van der Waals surface area (Å²) in [6.07, 6.45) is -5.96. The minimum atomic E-state index is -1.88. The Morgan fingerprint density at radius 1 is 0.491 bits per heavy atom. The summed E-state index contributed by atoms with van der Waals surface area (Å²) in [7, 11) is 0. The molecule has 324 valence electrons. The highest BCUT2D eigenvalue weighted by molar-refractivity contribution is 5.98. The minimum Gasteiger partial charge on any atom is -0.481 e. The van der Waals surface area contributed by atoms with Gasteiger partial charge in [-0.3, -0.25) is 43.2 Å². The number of hydrogen-bond donors (Lipinski definition) is 13. The Morgan fingerprint density at radius 3 is 1.30 bits per heavy atom. The quantitative estimate of drug-likeness (QED) is 0.0373. The molecule has 0 spiro atoms. The van der Waals surface area contributed by atoms with Crippen LogP contribution in [0.3, 0.4) is 0 Å². The summed E-state index contributed by atoms with van der Waals surface area (Å²) in [6, 6.07) is -11.3. The molecule has 57 heavy (non-hydrogen) atoms. The molecule has 0 aliphatic heterocycles. The second kappa shape index (κ2) is 25.0. The number of primary amides is 1. The summed E-state index contributed by atoms with van der Waals surface area (Å²) in [6.45, 7) is 8.89. The van der Waals surface area contributed by atoms with Gasteiger partial charge in [-0.2, -0.15) is 0 Å². The molecule has 0 aromatic rings. The Balaban J connectivity index is 6.30. The van der Waals surface area contributed by atoms with Crippen molar-refractivity contribution in [2.75, 3.05) is 0 Å². The Bertz CT molecular complexity index is 1460. The summed E-state index contributed by atoms with van der Waals surface area (Å²) in [4.78, 5) is 125. The van der Waals surface area contributed by atoms with Gasteiger partial charge in [0.2, 0.25) is 41.4 Å². The van der Waals surface area contributed by atoms with E-state index in [1.165, 1.54) is 0 Å². The van der Waals surface area contributed by atoms with E-state index in [1.807, 2.05) is 0 Å². The van der Waals surface area contributed by atoms with Crippen LogP contribution in [0.2, 0.25) is 0 Å². The first kappa shape index (κ1) is 51.6. The van der Waals surface area contributed by atoms with Crippen LogP contribution < -0.4 is 43.4 Å². The van der Waals surface area contributed by atoms with Crippen molar-refractivity contribution < 1.29 is 73.5 Å². The average molecular weight is 819 g/mol. The zero-order chi connectivity index (χ0) is 44.3. The van der Waals surface area contributed by atoms with Crippen LogP contribution in [-0.2, 0) is 47.9 Å². The van der Waals surface area contributed by atoms with E-state index in [4.69, 9.17) is 16.6 Å². The molecule has 0 rings (SSSR count). The predicted octanol–water partition coefficient (Wildman–Crippen LogP) is -4.23. The molecule has 0 saturated carbocycles. The number of carboxylic acid groups (broad SMARTS) is 3. The van der Waals surface area contributed by atoms with Gasteiger partial charge in [0.15, 0.2) is 6.04 Å². The van der Waals surface area contributed by atoms with Crippen molar-refractivity contribution in [3.05, 3.63) is 0 Å². The van der Waals surface area contributed by atoms with Gasteiger partial charge < -0.3 is 68.9 Å². The monoisotopic (exact) mass is 818 g/mol. The third-order valence-corrected chi connectivity index (χ3v) is 8.12. The summed E-state index contributed by atoms with van der Waals surface area (Å²) in [5.41, 5.74) is 10.9. The third-order valence-electron chi connectivity index (χ3n) is 8.12. The topological polar surface area (TPSA) is 396 Å². The Hall–Kier alpha value is -5.42. The van der Waals surface area contributed by atoms with Crippen LogP contribution in [0.5, 0.6) is 0 Å². The fourth-order valence-corrected chi connectivity index (χ4v) is 5.14. The van der Waals surface area contributed by atoms with Gasteiger partial charge in [-0.05, 0) is 51.4 Å². The normalized spacial score (nSPS) is 15.9. The van der Waals surface area contributed by atoms with E-state index in [-0.39, 0.29) is 31.1 Å². The highest BCUT2D eigenvalue weighted by Crippen LogP contribution is 2.11. The average Bonchev–Trinajstić information content (AvgIpc) is 3.07. The van der Waals surface area contributed by atoms with Crippen LogP contribution in [0.15, 0.2) is 0 Å². The molecule has 0 fully saturated rings. The van der Waals surface area contributed by atoms with E-state index in [0.29, 0.717) is 0 Å². The maximum absolute atomic E-state index is 13.5. The SMILES string of the molecule is CC(C)C[C@H](NC(=O)[C@@H](NC(=O)[C@H](CC(=O)O)NC(=O)[C@H](CC(C)C)NC(=O)[C@@H](N)CCC(=O)O)[C@@H](C)O)C(=O)N[C@@H](CCC(N)=O)C(=O)N[C@H](C(=O)O)[C@@H](C)O. The van der Waals surface area contributed by atoms with Gasteiger partial charge >= 0.3 is 17.9 Å². The highest BCUT2D eigenvalue weighted by Gasteiger charge is 2.36. The molecule has 0 aliphatic rings. The van der Waals surface area contributed by atoms with E-state index < -0.39 is 139 Å². The minimum absolute atomic E-state index is 0.0195. The predicted molar refractivity (Wildman–Crippen MR) is 197 cm³/mol. The molecular weight excluding hydrogens is 760 g/mol. The van der Waals surface area contributed by atoms with E-state index in [9.17, 15) is 68.4 Å². The maximum atomic E-state index is 13.5. The summed E-state index contributed by atoms with van der Waals surface area (Å²) < 4.78 is 0. The van der Waals surface area contributed by atoms with Crippen molar-refractivity contribution >= 4 is 59.3 Å². The molecule has 15 N–H and O–H groups in total. The summed E-state index contributed by atoms with van der Waals surface area (Å²) in [5, 5.41) is 61.5. The number of carbonyl (C=O) groups excluding carboxylic acids is 7. The standard InChI is InChI=1S/C34H58N8O15/c1-14(2)11-20(38-28(50)18(35)7-10-24(46)47)31(53)39-22(13-25(48)49)32(54)41-26(16(5)43)33(55)40-21(12-15(3)4)30(52)37-19(8-9-23(36)45)29(51)42-27(17(6)44)34(56)57/h14-22,26-27,43-44H,7-13,35H2,1-6H3,(H2,36,45)(H,37,52)(H,38,50)(H,39,53)(H,40,55)(H,41,54)(H,42,51)(H,46,47)(H,48,49)(H,56,57)/t16-,17-,18+,19+,20+,21+,22+,26+,27+/m1/s1. The Labute approximate surface area is 328 Å². The van der Waals surface area contributed by atoms with Crippen molar-refractivity contribution in [2.24, 2.45) is 23.3 Å². The fourth-order valence-electron chi connectivity index (χ4n) is 5.14. The van der Waals surface area contributed by atoms with Crippen LogP contribution >= 0.6 is 0 Å². The maximum Gasteiger partial charge on any atom is 0.328 e. The van der Waals surface area contributed by atoms with E-state index in [2.05, 4.69) is 31.9 Å². The van der Waals surface area contributed by atoms with Crippen LogP contribution in [0.25, 0.3) is 0 Å². The number of aliphatic carboxylic acids is 3. The second-order valence-electron chi connectivity index (χ2n) is 14.4. The van der Waals surface area contributed by atoms with Crippen LogP contribution in [0.1, 0.15) is 86.5 Å². The largest absolute Gasteiger partial charge is 0.481 e. The number of amides is 7. The Morgan fingerprint density at radius 2 is 0.895 bits per heavy atom. The van der Waals surface area contributed by atoms with Crippen LogP contribution in [-0.4, -0.2) is 139 Å². The molecule has 0 unspecified atom stereocenters. The lowest BCUT2D eigenvalue weighted by atomic mass is 10.0. The molecule has 23 heteroatoms. The van der Waals surface area contributed by atoms with Crippen molar-refractivity contribution in [3.63, 3.8) is 0 Å². The highest BCUT2D eigenvalue weighted by atomic mass is 16.4. The number of rotatable bonds is 27. The van der Waals surface area contributed by atoms with Gasteiger partial charge in [0.05, 0.1) is 24.7 Å². The van der Waals surface area contributed by atoms with Gasteiger partial charge in [-0.15, -0.1) is 0 Å². The Kier molecular flexibility index (Phi) is 22.6. The molecule has 0 aromatic carbocycles. The van der Waals surface area contributed by atoms with Crippen molar-refractivity contribution in [1.29, 1.82) is 0 Å².